The van der Waals surface area contributed by atoms with Crippen molar-refractivity contribution in [1.29, 1.82) is 0 Å². The van der Waals surface area contributed by atoms with E-state index in [0.717, 1.165) is 16.7 Å². The van der Waals surface area contributed by atoms with E-state index in [4.69, 9.17) is 4.42 Å². The first kappa shape index (κ1) is 23.3. The first-order valence-corrected chi connectivity index (χ1v) is 13.1. The molecule has 0 saturated carbocycles. The highest BCUT2D eigenvalue weighted by Gasteiger charge is 2.39. The molecule has 3 heterocycles. The van der Waals surface area contributed by atoms with Crippen LogP contribution in [0.1, 0.15) is 27.2 Å². The van der Waals surface area contributed by atoms with Gasteiger partial charge in [0.15, 0.2) is 5.76 Å². The van der Waals surface area contributed by atoms with Crippen molar-refractivity contribution < 1.29 is 22.4 Å². The number of amides is 2. The average Bonchev–Trinajstić information content (AvgIpc) is 3.42. The molecule has 0 N–H and O–H groups in total. The van der Waals surface area contributed by atoms with Crippen LogP contribution in [-0.2, 0) is 27.8 Å². The number of hydrogen-bond acceptors (Lipinski definition) is 5. The van der Waals surface area contributed by atoms with E-state index < -0.39 is 16.1 Å². The Labute approximate surface area is 204 Å². The summed E-state index contributed by atoms with van der Waals surface area (Å²) < 4.78 is 32.8. The number of carbonyl (C=O) groups excluding carboxylic acids is 2. The van der Waals surface area contributed by atoms with E-state index in [-0.39, 0.29) is 48.6 Å². The number of rotatable bonds is 4. The smallest absolute Gasteiger partial charge is 0.290 e. The fourth-order valence-electron chi connectivity index (χ4n) is 4.72. The Bertz CT molecular complexity index is 1330. The van der Waals surface area contributed by atoms with Gasteiger partial charge in [-0.1, -0.05) is 42.0 Å². The second kappa shape index (κ2) is 9.31. The molecular formula is C26H27N3O5S. The van der Waals surface area contributed by atoms with Crippen molar-refractivity contribution in [3.8, 4) is 0 Å². The summed E-state index contributed by atoms with van der Waals surface area (Å²) in [6.07, 6.45) is 1.85. The molecule has 0 aliphatic carbocycles. The SMILES string of the molecule is Cc1ccc(S(=O)(=O)N2CCN(C(=O)[C@H]3Cc4ccccc4CN3C(=O)c3ccco3)CC2)cc1. The standard InChI is InChI=1S/C26H27N3O5S/c1-19-8-10-22(11-9-19)35(32,33)28-14-12-27(13-15-28)25(30)23-17-20-5-2-3-6-21(20)18-29(23)26(31)24-7-4-16-34-24/h2-11,16,23H,12-15,17-18H2,1H3/t23-/m1/s1. The summed E-state index contributed by atoms with van der Waals surface area (Å²) in [5.74, 6) is -0.313. The second-order valence-electron chi connectivity index (χ2n) is 8.94. The highest BCUT2D eigenvalue weighted by Crippen LogP contribution is 2.27. The van der Waals surface area contributed by atoms with Crippen molar-refractivity contribution in [2.24, 2.45) is 0 Å². The number of sulfonamides is 1. The largest absolute Gasteiger partial charge is 0.459 e. The van der Waals surface area contributed by atoms with Gasteiger partial charge in [-0.25, -0.2) is 8.42 Å². The molecule has 3 aromatic rings. The van der Waals surface area contributed by atoms with E-state index >= 15 is 0 Å². The molecule has 35 heavy (non-hydrogen) atoms. The van der Waals surface area contributed by atoms with Gasteiger partial charge < -0.3 is 14.2 Å². The molecule has 182 valence electrons. The summed E-state index contributed by atoms with van der Waals surface area (Å²) >= 11 is 0. The van der Waals surface area contributed by atoms with Gasteiger partial charge in [0.1, 0.15) is 6.04 Å². The first-order chi connectivity index (χ1) is 16.8. The van der Waals surface area contributed by atoms with E-state index in [9.17, 15) is 18.0 Å². The Hall–Kier alpha value is -3.43. The third-order valence-corrected chi connectivity index (χ3v) is 8.65. The summed E-state index contributed by atoms with van der Waals surface area (Å²) in [7, 11) is -3.63. The van der Waals surface area contributed by atoms with E-state index in [0.29, 0.717) is 13.0 Å². The number of piperazine rings is 1. The van der Waals surface area contributed by atoms with E-state index in [1.165, 1.54) is 10.6 Å². The summed E-state index contributed by atoms with van der Waals surface area (Å²) in [5.41, 5.74) is 3.03. The third-order valence-electron chi connectivity index (χ3n) is 6.74. The zero-order chi connectivity index (χ0) is 24.6. The molecule has 1 saturated heterocycles. The van der Waals surface area contributed by atoms with Crippen LogP contribution < -0.4 is 0 Å². The van der Waals surface area contributed by atoms with Gasteiger partial charge in [-0.05, 0) is 42.3 Å². The number of benzene rings is 2. The van der Waals surface area contributed by atoms with E-state index in [1.807, 2.05) is 31.2 Å². The number of nitrogens with zero attached hydrogens (tertiary/aromatic N) is 3. The van der Waals surface area contributed by atoms with Crippen molar-refractivity contribution in [3.05, 3.63) is 89.4 Å². The molecule has 9 heteroatoms. The van der Waals surface area contributed by atoms with E-state index in [2.05, 4.69) is 0 Å². The van der Waals surface area contributed by atoms with Gasteiger partial charge in [0, 0.05) is 39.1 Å². The molecular weight excluding hydrogens is 466 g/mol. The fraction of sp³-hybridized carbons (Fsp3) is 0.308. The molecule has 0 bridgehead atoms. The summed E-state index contributed by atoms with van der Waals surface area (Å²) in [5, 5.41) is 0. The van der Waals surface area contributed by atoms with Gasteiger partial charge in [-0.3, -0.25) is 9.59 Å². The Morgan fingerprint density at radius 2 is 1.57 bits per heavy atom. The molecule has 2 aromatic carbocycles. The lowest BCUT2D eigenvalue weighted by molar-refractivity contribution is -0.137. The highest BCUT2D eigenvalue weighted by atomic mass is 32.2. The molecule has 5 rings (SSSR count). The zero-order valence-electron chi connectivity index (χ0n) is 19.5. The Kier molecular flexibility index (Phi) is 6.21. The highest BCUT2D eigenvalue weighted by molar-refractivity contribution is 7.89. The topological polar surface area (TPSA) is 91.1 Å². The minimum absolute atomic E-state index is 0.174. The summed E-state index contributed by atoms with van der Waals surface area (Å²) in [6.45, 7) is 3.17. The predicted molar refractivity (Wildman–Crippen MR) is 129 cm³/mol. The van der Waals surface area contributed by atoms with Gasteiger partial charge >= 0.3 is 0 Å². The first-order valence-electron chi connectivity index (χ1n) is 11.6. The van der Waals surface area contributed by atoms with Gasteiger partial charge in [0.25, 0.3) is 5.91 Å². The monoisotopic (exact) mass is 493 g/mol. The van der Waals surface area contributed by atoms with Crippen LogP contribution in [0.3, 0.4) is 0 Å². The number of fused-ring (bicyclic) bond motifs is 1. The number of aryl methyl sites for hydroxylation is 1. The van der Waals surface area contributed by atoms with Crippen LogP contribution in [0.5, 0.6) is 0 Å². The lowest BCUT2D eigenvalue weighted by atomic mass is 9.92. The Morgan fingerprint density at radius 1 is 0.886 bits per heavy atom. The molecule has 0 unspecified atom stereocenters. The van der Waals surface area contributed by atoms with Crippen molar-refractivity contribution in [1.82, 2.24) is 14.1 Å². The molecule has 0 spiro atoms. The van der Waals surface area contributed by atoms with Crippen molar-refractivity contribution in [2.45, 2.75) is 30.8 Å². The lowest BCUT2D eigenvalue weighted by Crippen LogP contribution is -2.58. The molecule has 1 aromatic heterocycles. The maximum atomic E-state index is 13.6. The summed E-state index contributed by atoms with van der Waals surface area (Å²) in [4.78, 5) is 30.3. The average molecular weight is 494 g/mol. The van der Waals surface area contributed by atoms with Crippen LogP contribution in [0.4, 0.5) is 0 Å². The van der Waals surface area contributed by atoms with Gasteiger partial charge in [0.2, 0.25) is 15.9 Å². The molecule has 0 radical (unpaired) electrons. The lowest BCUT2D eigenvalue weighted by Gasteiger charge is -2.40. The molecule has 1 atom stereocenters. The minimum atomic E-state index is -3.63. The van der Waals surface area contributed by atoms with Gasteiger partial charge in [-0.2, -0.15) is 4.31 Å². The predicted octanol–water partition coefficient (Wildman–Crippen LogP) is 2.69. The Balaban J connectivity index is 1.33. The summed E-state index contributed by atoms with van der Waals surface area (Å²) in [6, 6.07) is 17.1. The van der Waals surface area contributed by atoms with Crippen molar-refractivity contribution in [2.75, 3.05) is 26.2 Å². The molecule has 8 nitrogen and oxygen atoms in total. The second-order valence-corrected chi connectivity index (χ2v) is 10.9. The number of furan rings is 1. The molecule has 2 aliphatic rings. The van der Waals surface area contributed by atoms with Crippen molar-refractivity contribution in [3.63, 3.8) is 0 Å². The third kappa shape index (κ3) is 4.49. The fourth-order valence-corrected chi connectivity index (χ4v) is 6.14. The number of hydrogen-bond donors (Lipinski definition) is 0. The van der Waals surface area contributed by atoms with Gasteiger partial charge in [0.05, 0.1) is 11.2 Å². The quantitative estimate of drug-likeness (QED) is 0.557. The van der Waals surface area contributed by atoms with Gasteiger partial charge in [-0.15, -0.1) is 0 Å². The van der Waals surface area contributed by atoms with Crippen LogP contribution in [0.25, 0.3) is 0 Å². The molecule has 1 fully saturated rings. The molecule has 2 amide bonds. The maximum Gasteiger partial charge on any atom is 0.290 e. The van der Waals surface area contributed by atoms with Crippen molar-refractivity contribution >= 4 is 21.8 Å². The van der Waals surface area contributed by atoms with Crippen LogP contribution in [0, 0.1) is 6.92 Å². The van der Waals surface area contributed by atoms with Crippen LogP contribution in [-0.4, -0.2) is 66.6 Å². The van der Waals surface area contributed by atoms with Crippen LogP contribution >= 0.6 is 0 Å². The van der Waals surface area contributed by atoms with Crippen LogP contribution in [0.2, 0.25) is 0 Å². The minimum Gasteiger partial charge on any atom is -0.459 e. The molecule has 2 aliphatic heterocycles. The normalized spacial score (nSPS) is 18.8. The number of carbonyl (C=O) groups is 2. The maximum absolute atomic E-state index is 13.6. The zero-order valence-corrected chi connectivity index (χ0v) is 20.3. The Morgan fingerprint density at radius 3 is 2.23 bits per heavy atom. The van der Waals surface area contributed by atoms with Crippen LogP contribution in [0.15, 0.2) is 76.2 Å². The van der Waals surface area contributed by atoms with E-state index in [1.54, 1.807) is 46.2 Å².